The molecule has 1 fully saturated rings. The van der Waals surface area contributed by atoms with E-state index in [0.717, 1.165) is 17.0 Å². The highest BCUT2D eigenvalue weighted by Crippen LogP contribution is 2.31. The largest absolute Gasteiger partial charge is 0.309 e. The van der Waals surface area contributed by atoms with E-state index in [0.29, 0.717) is 39.8 Å². The van der Waals surface area contributed by atoms with E-state index in [1.54, 1.807) is 0 Å². The summed E-state index contributed by atoms with van der Waals surface area (Å²) in [5.41, 5.74) is 1.74. The Kier molecular flexibility index (Phi) is 5.64. The fraction of sp³-hybridized carbons (Fsp3) is 0.333. The van der Waals surface area contributed by atoms with E-state index >= 15 is 0 Å². The van der Waals surface area contributed by atoms with E-state index in [1.807, 2.05) is 47.3 Å². The van der Waals surface area contributed by atoms with Gasteiger partial charge >= 0.3 is 0 Å². The number of sulfone groups is 1. The van der Waals surface area contributed by atoms with Crippen molar-refractivity contribution in [3.63, 3.8) is 0 Å². The van der Waals surface area contributed by atoms with Crippen molar-refractivity contribution in [1.82, 2.24) is 24.7 Å². The minimum atomic E-state index is -2.91. The Hall–Kier alpha value is -2.50. The lowest BCUT2D eigenvalue weighted by Crippen LogP contribution is -2.11. The van der Waals surface area contributed by atoms with Crippen LogP contribution < -0.4 is 5.56 Å². The second-order valence-electron chi connectivity index (χ2n) is 7.93. The zero-order valence-electron chi connectivity index (χ0n) is 17.3. The maximum absolute atomic E-state index is 12.8. The van der Waals surface area contributed by atoms with Crippen LogP contribution in [-0.4, -0.2) is 44.7 Å². The molecule has 0 spiro atoms. The summed E-state index contributed by atoms with van der Waals surface area (Å²) in [6.45, 7) is 0. The minimum absolute atomic E-state index is 0.0961. The van der Waals surface area contributed by atoms with Gasteiger partial charge in [-0.2, -0.15) is 0 Å². The average molecular weight is 488 g/mol. The van der Waals surface area contributed by atoms with Crippen LogP contribution in [0.25, 0.3) is 21.3 Å². The predicted molar refractivity (Wildman–Crippen MR) is 127 cm³/mol. The smallest absolute Gasteiger partial charge is 0.260 e. The molecule has 0 aliphatic carbocycles. The molecule has 1 N–H and O–H groups in total. The van der Waals surface area contributed by atoms with Crippen LogP contribution in [0.3, 0.4) is 0 Å². The summed E-state index contributed by atoms with van der Waals surface area (Å²) in [5, 5.41) is 11.8. The van der Waals surface area contributed by atoms with Crippen LogP contribution in [0.4, 0.5) is 0 Å². The quantitative estimate of drug-likeness (QED) is 0.416. The lowest BCUT2D eigenvalue weighted by Gasteiger charge is -2.07. The lowest BCUT2D eigenvalue weighted by atomic mass is 10.1. The molecule has 1 aliphatic rings. The molecule has 0 unspecified atom stereocenters. The van der Waals surface area contributed by atoms with E-state index in [2.05, 4.69) is 20.2 Å². The summed E-state index contributed by atoms with van der Waals surface area (Å²) < 4.78 is 25.3. The molecular formula is C21H21N5O3S3. The van der Waals surface area contributed by atoms with E-state index in [-0.39, 0.29) is 23.0 Å². The molecule has 1 aromatic carbocycles. The van der Waals surface area contributed by atoms with Gasteiger partial charge in [0.15, 0.2) is 15.0 Å². The maximum atomic E-state index is 12.8. The fourth-order valence-corrected chi connectivity index (χ4v) is 7.59. The number of aromatic amines is 1. The number of nitrogens with zero attached hydrogens (tertiary/aromatic N) is 4. The van der Waals surface area contributed by atoms with Crippen molar-refractivity contribution in [2.75, 3.05) is 11.5 Å². The van der Waals surface area contributed by atoms with Crippen LogP contribution in [-0.2, 0) is 29.1 Å². The monoisotopic (exact) mass is 487 g/mol. The molecule has 0 saturated carbocycles. The Labute approximate surface area is 193 Å². The number of thioether (sulfide) groups is 1. The van der Waals surface area contributed by atoms with E-state index in [9.17, 15) is 13.2 Å². The average Bonchev–Trinajstić information content (AvgIpc) is 3.45. The number of aromatic nitrogens is 5. The Morgan fingerprint density at radius 2 is 2.06 bits per heavy atom. The third kappa shape index (κ3) is 4.24. The number of fused-ring (bicyclic) bond motifs is 1. The van der Waals surface area contributed by atoms with Gasteiger partial charge in [0.1, 0.15) is 16.5 Å². The van der Waals surface area contributed by atoms with Crippen molar-refractivity contribution in [2.24, 2.45) is 13.0 Å². The van der Waals surface area contributed by atoms with Gasteiger partial charge in [-0.1, -0.05) is 42.1 Å². The molecule has 1 saturated heterocycles. The number of hydrogen-bond acceptors (Lipinski definition) is 8. The highest BCUT2D eigenvalue weighted by Gasteiger charge is 2.29. The van der Waals surface area contributed by atoms with E-state index in [4.69, 9.17) is 0 Å². The van der Waals surface area contributed by atoms with Crippen molar-refractivity contribution >= 4 is 43.2 Å². The molecule has 4 aromatic rings. The SMILES string of the molecule is Cn1c(C[C@@H]2CCS(=O)(=O)C2)nnc1SCc1nc2scc(-c3ccccc3)c2c(=O)[nH]1. The maximum Gasteiger partial charge on any atom is 0.260 e. The zero-order valence-corrected chi connectivity index (χ0v) is 19.8. The van der Waals surface area contributed by atoms with E-state index in [1.165, 1.54) is 23.1 Å². The first-order valence-electron chi connectivity index (χ1n) is 10.2. The first-order chi connectivity index (χ1) is 15.4. The molecule has 1 aliphatic heterocycles. The summed E-state index contributed by atoms with van der Waals surface area (Å²) >= 11 is 2.90. The molecule has 166 valence electrons. The molecule has 4 heterocycles. The first-order valence-corrected chi connectivity index (χ1v) is 13.9. The third-order valence-electron chi connectivity index (χ3n) is 5.64. The molecule has 0 amide bonds. The van der Waals surface area contributed by atoms with Gasteiger partial charge in [0.2, 0.25) is 0 Å². The lowest BCUT2D eigenvalue weighted by molar-refractivity contribution is 0.552. The summed E-state index contributed by atoms with van der Waals surface area (Å²) in [6.07, 6.45) is 1.27. The van der Waals surface area contributed by atoms with Gasteiger partial charge in [-0.05, 0) is 17.9 Å². The summed E-state index contributed by atoms with van der Waals surface area (Å²) in [4.78, 5) is 21.1. The third-order valence-corrected chi connectivity index (χ3v) is 9.38. The molecular weight excluding hydrogens is 466 g/mol. The first kappa shape index (κ1) is 21.4. The van der Waals surface area contributed by atoms with Crippen molar-refractivity contribution in [1.29, 1.82) is 0 Å². The predicted octanol–water partition coefficient (Wildman–Crippen LogP) is 3.05. The number of benzene rings is 1. The Balaban J connectivity index is 1.32. The number of H-pyrrole nitrogens is 1. The van der Waals surface area contributed by atoms with Gasteiger partial charge in [0, 0.05) is 24.4 Å². The van der Waals surface area contributed by atoms with Gasteiger partial charge in [0.25, 0.3) is 5.56 Å². The Morgan fingerprint density at radius 1 is 1.25 bits per heavy atom. The van der Waals surface area contributed by atoms with Crippen LogP contribution in [0.1, 0.15) is 18.1 Å². The molecule has 0 radical (unpaired) electrons. The molecule has 1 atom stereocenters. The number of hydrogen-bond donors (Lipinski definition) is 1. The molecule has 11 heteroatoms. The number of rotatable bonds is 6. The van der Waals surface area contributed by atoms with Crippen LogP contribution >= 0.6 is 23.1 Å². The van der Waals surface area contributed by atoms with Crippen LogP contribution in [0.5, 0.6) is 0 Å². The molecule has 5 rings (SSSR count). The van der Waals surface area contributed by atoms with Crippen LogP contribution in [0.15, 0.2) is 45.7 Å². The topological polar surface area (TPSA) is 111 Å². The highest BCUT2D eigenvalue weighted by atomic mass is 32.2. The van der Waals surface area contributed by atoms with Crippen molar-refractivity contribution in [2.45, 2.75) is 23.8 Å². The van der Waals surface area contributed by atoms with Gasteiger partial charge in [0.05, 0.1) is 22.6 Å². The minimum Gasteiger partial charge on any atom is -0.309 e. The highest BCUT2D eigenvalue weighted by molar-refractivity contribution is 7.98. The zero-order chi connectivity index (χ0) is 22.3. The van der Waals surface area contributed by atoms with Crippen LogP contribution in [0, 0.1) is 5.92 Å². The van der Waals surface area contributed by atoms with Crippen LogP contribution in [0.2, 0.25) is 0 Å². The molecule has 32 heavy (non-hydrogen) atoms. The van der Waals surface area contributed by atoms with Gasteiger partial charge in [-0.3, -0.25) is 4.79 Å². The van der Waals surface area contributed by atoms with E-state index < -0.39 is 9.84 Å². The van der Waals surface area contributed by atoms with Gasteiger partial charge < -0.3 is 9.55 Å². The number of thiophene rings is 1. The van der Waals surface area contributed by atoms with Crippen molar-refractivity contribution in [3.8, 4) is 11.1 Å². The Bertz CT molecular complexity index is 1440. The molecule has 0 bridgehead atoms. The fourth-order valence-electron chi connectivity index (χ4n) is 3.96. The van der Waals surface area contributed by atoms with Crippen molar-refractivity contribution in [3.05, 3.63) is 57.7 Å². The van der Waals surface area contributed by atoms with Gasteiger partial charge in [-0.25, -0.2) is 13.4 Å². The molecule has 3 aromatic heterocycles. The number of nitrogens with one attached hydrogen (secondary N) is 1. The normalized spacial score (nSPS) is 17.8. The molecule has 8 nitrogen and oxygen atoms in total. The summed E-state index contributed by atoms with van der Waals surface area (Å²) in [7, 11) is -1.03. The summed E-state index contributed by atoms with van der Waals surface area (Å²) in [5.74, 6) is 2.39. The second-order valence-corrected chi connectivity index (χ2v) is 12.0. The second kappa shape index (κ2) is 8.45. The summed E-state index contributed by atoms with van der Waals surface area (Å²) in [6, 6.07) is 9.82. The van der Waals surface area contributed by atoms with Gasteiger partial charge in [-0.15, -0.1) is 21.5 Å². The van der Waals surface area contributed by atoms with Crippen molar-refractivity contribution < 1.29 is 8.42 Å². The standard InChI is InChI=1S/C21H21N5O3S3/c1-26-17(9-13-7-8-32(28,29)12-13)24-25-21(26)31-11-16-22-19(27)18-15(10-30-20(18)23-16)14-5-3-2-4-6-14/h2-6,10,13H,7-9,11-12H2,1H3,(H,22,23,27)/t13-/m0/s1. The Morgan fingerprint density at radius 3 is 2.81 bits per heavy atom.